The maximum atomic E-state index is 6.68. The van der Waals surface area contributed by atoms with Crippen LogP contribution in [-0.4, -0.2) is 94.7 Å². The summed E-state index contributed by atoms with van der Waals surface area (Å²) >= 11 is 0. The minimum Gasteiger partial charge on any atom is -0.494 e. The van der Waals surface area contributed by atoms with Gasteiger partial charge in [-0.2, -0.15) is 0 Å². The summed E-state index contributed by atoms with van der Waals surface area (Å²) in [4.78, 5) is 4.90. The van der Waals surface area contributed by atoms with Gasteiger partial charge in [0.05, 0.1) is 45.2 Å². The lowest BCUT2D eigenvalue weighted by Gasteiger charge is -2.39. The van der Waals surface area contributed by atoms with Crippen LogP contribution in [0.2, 0.25) is 0 Å². The highest BCUT2D eigenvalue weighted by Crippen LogP contribution is 2.32. The van der Waals surface area contributed by atoms with Crippen LogP contribution in [0.25, 0.3) is 10.8 Å². The number of hydrogen-bond acceptors (Lipinski definition) is 7. The average molecular weight is 624 g/mol. The van der Waals surface area contributed by atoms with Crippen LogP contribution in [-0.2, 0) is 27.4 Å². The molecule has 4 aromatic rings. The van der Waals surface area contributed by atoms with E-state index in [2.05, 4.69) is 101 Å². The van der Waals surface area contributed by atoms with Gasteiger partial charge in [-0.25, -0.2) is 0 Å². The fourth-order valence-electron chi connectivity index (χ4n) is 6.45. The van der Waals surface area contributed by atoms with Gasteiger partial charge in [-0.15, -0.1) is 0 Å². The third-order valence-electron chi connectivity index (χ3n) is 9.18. The molecule has 0 saturated carbocycles. The van der Waals surface area contributed by atoms with Gasteiger partial charge in [0, 0.05) is 58.2 Å². The Kier molecular flexibility index (Phi) is 12.1. The predicted molar refractivity (Wildman–Crippen MR) is 184 cm³/mol. The van der Waals surface area contributed by atoms with Crippen LogP contribution in [0, 0.1) is 0 Å². The Balaban J connectivity index is 1.06. The van der Waals surface area contributed by atoms with E-state index in [0.717, 1.165) is 64.6 Å². The van der Waals surface area contributed by atoms with Gasteiger partial charge in [-0.1, -0.05) is 78.9 Å². The summed E-state index contributed by atoms with van der Waals surface area (Å²) in [5.41, 5.74) is 3.61. The Labute approximate surface area is 274 Å². The second-order valence-corrected chi connectivity index (χ2v) is 12.6. The smallest absolute Gasteiger partial charge is 0.119 e. The molecule has 0 unspecified atom stereocenters. The maximum absolute atomic E-state index is 6.68. The van der Waals surface area contributed by atoms with Gasteiger partial charge in [0.25, 0.3) is 0 Å². The topological polar surface area (TPSA) is 55.4 Å². The maximum Gasteiger partial charge on any atom is 0.119 e. The Hall–Kier alpha value is -3.30. The number of benzene rings is 4. The Bertz CT molecular complexity index is 1460. The molecule has 1 N–H and O–H groups in total. The summed E-state index contributed by atoms with van der Waals surface area (Å²) in [6, 6.07) is 33.9. The van der Waals surface area contributed by atoms with Crippen molar-refractivity contribution in [2.45, 2.75) is 37.8 Å². The van der Waals surface area contributed by atoms with Gasteiger partial charge in [0.15, 0.2) is 0 Å². The molecule has 4 aromatic carbocycles. The Morgan fingerprint density at radius 3 is 2.22 bits per heavy atom. The lowest BCUT2D eigenvalue weighted by atomic mass is 9.85. The molecule has 2 heterocycles. The van der Waals surface area contributed by atoms with E-state index in [1.54, 1.807) is 0 Å². The van der Waals surface area contributed by atoms with Crippen molar-refractivity contribution < 1.29 is 18.9 Å². The van der Waals surface area contributed by atoms with Gasteiger partial charge >= 0.3 is 0 Å². The van der Waals surface area contributed by atoms with Crippen LogP contribution in [0.3, 0.4) is 0 Å². The molecular weight excluding hydrogens is 574 g/mol. The number of hydrogen-bond donors (Lipinski definition) is 1. The van der Waals surface area contributed by atoms with Gasteiger partial charge in [-0.3, -0.25) is 4.90 Å². The van der Waals surface area contributed by atoms with Crippen molar-refractivity contribution in [2.24, 2.45) is 0 Å². The van der Waals surface area contributed by atoms with E-state index in [4.69, 9.17) is 18.9 Å². The van der Waals surface area contributed by atoms with Crippen molar-refractivity contribution in [2.75, 3.05) is 72.7 Å². The van der Waals surface area contributed by atoms with Crippen LogP contribution in [0.1, 0.15) is 29.0 Å². The number of ether oxygens (including phenoxy) is 4. The van der Waals surface area contributed by atoms with Crippen molar-refractivity contribution in [3.05, 3.63) is 114 Å². The van der Waals surface area contributed by atoms with Gasteiger partial charge < -0.3 is 29.2 Å². The molecule has 0 amide bonds. The Morgan fingerprint density at radius 2 is 1.41 bits per heavy atom. The van der Waals surface area contributed by atoms with E-state index < -0.39 is 0 Å². The van der Waals surface area contributed by atoms with Crippen molar-refractivity contribution in [3.8, 4) is 5.75 Å². The molecule has 46 heavy (non-hydrogen) atoms. The zero-order chi connectivity index (χ0) is 31.4. The standard InChI is InChI=1S/C39H49N3O4/c1-41-18-20-42(21-19-41)22-25-45-37-27-40-28-38(46-30-32-12-13-33-10-5-6-11-35(33)26-32)39(37)34-14-16-36(17-15-34)44-24-7-23-43-29-31-8-3-2-4-9-31/h2-6,8-17,26,37-40H,7,18-25,27-30H2,1H3/t37-,38+,39+/m1/s1. The molecule has 2 aliphatic heterocycles. The summed E-state index contributed by atoms with van der Waals surface area (Å²) in [7, 11) is 2.20. The molecule has 0 radical (unpaired) electrons. The normalized spacial score (nSPS) is 21.0. The third-order valence-corrected chi connectivity index (χ3v) is 9.18. The number of nitrogens with zero attached hydrogens (tertiary/aromatic N) is 2. The van der Waals surface area contributed by atoms with Crippen LogP contribution >= 0.6 is 0 Å². The number of rotatable bonds is 15. The van der Waals surface area contributed by atoms with Crippen LogP contribution in [0.5, 0.6) is 5.75 Å². The van der Waals surface area contributed by atoms with E-state index >= 15 is 0 Å². The lowest BCUT2D eigenvalue weighted by molar-refractivity contribution is -0.0638. The highest BCUT2D eigenvalue weighted by molar-refractivity contribution is 5.82. The molecule has 0 aromatic heterocycles. The van der Waals surface area contributed by atoms with Crippen LogP contribution in [0.4, 0.5) is 0 Å². The molecule has 7 nitrogen and oxygen atoms in total. The second-order valence-electron chi connectivity index (χ2n) is 12.6. The monoisotopic (exact) mass is 623 g/mol. The SMILES string of the molecule is CN1CCN(CCO[C@@H]2CNC[C@H](OCc3ccc4ccccc4c3)[C@H]2c2ccc(OCCCOCc3ccccc3)cc2)CC1. The summed E-state index contributed by atoms with van der Waals surface area (Å²) < 4.78 is 25.2. The van der Waals surface area contributed by atoms with E-state index in [0.29, 0.717) is 26.4 Å². The summed E-state index contributed by atoms with van der Waals surface area (Å²) in [6.45, 7) is 10.2. The molecular formula is C39H49N3O4. The molecule has 2 saturated heterocycles. The van der Waals surface area contributed by atoms with Gasteiger partial charge in [0.1, 0.15) is 5.75 Å². The molecule has 0 aliphatic carbocycles. The van der Waals surface area contributed by atoms with Crippen molar-refractivity contribution in [1.29, 1.82) is 0 Å². The zero-order valence-electron chi connectivity index (χ0n) is 27.2. The quantitative estimate of drug-likeness (QED) is 0.170. The molecule has 2 aliphatic rings. The fraction of sp³-hybridized carbons (Fsp3) is 0.436. The molecule has 0 spiro atoms. The largest absolute Gasteiger partial charge is 0.494 e. The summed E-state index contributed by atoms with van der Waals surface area (Å²) in [5.74, 6) is 0.997. The number of piperidine rings is 1. The molecule has 7 heteroatoms. The van der Waals surface area contributed by atoms with Gasteiger partial charge in [0.2, 0.25) is 0 Å². The fourth-order valence-corrected chi connectivity index (χ4v) is 6.45. The zero-order valence-corrected chi connectivity index (χ0v) is 27.2. The number of nitrogens with one attached hydrogen (secondary N) is 1. The molecule has 6 rings (SSSR count). The van der Waals surface area contributed by atoms with Gasteiger partial charge in [-0.05, 0) is 52.7 Å². The molecule has 3 atom stereocenters. The third kappa shape index (κ3) is 9.38. The molecule has 0 bridgehead atoms. The predicted octanol–water partition coefficient (Wildman–Crippen LogP) is 5.73. The first-order valence-electron chi connectivity index (χ1n) is 16.9. The number of likely N-dealkylation sites (N-methyl/N-ethyl adjacent to an activating group) is 1. The minimum absolute atomic E-state index is 0.0117. The van der Waals surface area contributed by atoms with Crippen molar-refractivity contribution in [1.82, 2.24) is 15.1 Å². The van der Waals surface area contributed by atoms with E-state index in [-0.39, 0.29) is 18.1 Å². The number of piperazine rings is 1. The summed E-state index contributed by atoms with van der Waals surface area (Å²) in [6.07, 6.45) is 0.857. The first-order chi connectivity index (χ1) is 22.7. The highest BCUT2D eigenvalue weighted by Gasteiger charge is 2.36. The molecule has 2 fully saturated rings. The van der Waals surface area contributed by atoms with Crippen molar-refractivity contribution in [3.63, 3.8) is 0 Å². The number of fused-ring (bicyclic) bond motifs is 1. The van der Waals surface area contributed by atoms with E-state index in [1.165, 1.54) is 27.5 Å². The van der Waals surface area contributed by atoms with E-state index in [1.807, 2.05) is 18.2 Å². The van der Waals surface area contributed by atoms with Crippen LogP contribution in [0.15, 0.2) is 97.1 Å². The first-order valence-corrected chi connectivity index (χ1v) is 16.9. The van der Waals surface area contributed by atoms with E-state index in [9.17, 15) is 0 Å². The second kappa shape index (κ2) is 17.0. The first kappa shape index (κ1) is 32.6. The lowest BCUT2D eigenvalue weighted by Crippen LogP contribution is -2.51. The van der Waals surface area contributed by atoms with Crippen LogP contribution < -0.4 is 10.1 Å². The van der Waals surface area contributed by atoms with Crippen molar-refractivity contribution >= 4 is 10.8 Å². The molecule has 244 valence electrons. The Morgan fingerprint density at radius 1 is 0.674 bits per heavy atom. The highest BCUT2D eigenvalue weighted by atomic mass is 16.5. The minimum atomic E-state index is -0.0117. The summed E-state index contributed by atoms with van der Waals surface area (Å²) in [5, 5.41) is 6.09. The average Bonchev–Trinajstić information content (AvgIpc) is 3.10.